The Hall–Kier alpha value is 0.270. The van der Waals surface area contributed by atoms with Gasteiger partial charge >= 0.3 is 0 Å². The largest absolute Gasteiger partial charge is 0.374 e. The first-order valence-corrected chi connectivity index (χ1v) is 8.66. The molecule has 2 fully saturated rings. The Morgan fingerprint density at radius 1 is 0.857 bits per heavy atom. The zero-order valence-corrected chi connectivity index (χ0v) is 14.7. The summed E-state index contributed by atoms with van der Waals surface area (Å²) in [6.07, 6.45) is 0.501. The smallest absolute Gasteiger partial charge is 0.209 e. The third kappa shape index (κ3) is 3.97. The quantitative estimate of drug-likeness (QED) is 0.655. The molecule has 0 aromatic rings. The van der Waals surface area contributed by atoms with Crippen molar-refractivity contribution in [1.82, 2.24) is 0 Å². The van der Waals surface area contributed by atoms with Crippen molar-refractivity contribution in [2.45, 2.75) is 39.0 Å². The second-order valence-corrected chi connectivity index (χ2v) is 7.43. The lowest BCUT2D eigenvalue weighted by Crippen LogP contribution is -2.46. The van der Waals surface area contributed by atoms with Crippen LogP contribution in [0.3, 0.4) is 0 Å². The van der Waals surface area contributed by atoms with Gasteiger partial charge in [0.05, 0.1) is 39.1 Å². The molecule has 3 heterocycles. The van der Waals surface area contributed by atoms with Crippen LogP contribution in [-0.4, -0.2) is 51.7 Å². The van der Waals surface area contributed by atoms with Crippen molar-refractivity contribution >= 4 is 22.6 Å². The molecule has 0 spiro atoms. The second kappa shape index (κ2) is 7.23. The second-order valence-electron chi connectivity index (χ2n) is 6.13. The van der Waals surface area contributed by atoms with Gasteiger partial charge < -0.3 is 23.7 Å². The van der Waals surface area contributed by atoms with Crippen molar-refractivity contribution in [3.05, 3.63) is 9.15 Å². The summed E-state index contributed by atoms with van der Waals surface area (Å²) < 4.78 is 30.1. The van der Waals surface area contributed by atoms with Gasteiger partial charge in [-0.1, -0.05) is 6.92 Å². The van der Waals surface area contributed by atoms with Gasteiger partial charge in [-0.15, -0.1) is 0 Å². The van der Waals surface area contributed by atoms with E-state index in [9.17, 15) is 0 Å². The lowest BCUT2D eigenvalue weighted by atomic mass is 9.97. The summed E-state index contributed by atoms with van der Waals surface area (Å²) in [5.74, 6) is 0.717. The normalized spacial score (nSPS) is 42.1. The topological polar surface area (TPSA) is 46.2 Å². The van der Waals surface area contributed by atoms with E-state index >= 15 is 0 Å². The molecule has 0 aromatic heterocycles. The molecular formula is C15H23IO5. The first-order chi connectivity index (χ1) is 10.1. The summed E-state index contributed by atoms with van der Waals surface area (Å²) >= 11 is 2.43. The van der Waals surface area contributed by atoms with Gasteiger partial charge in [-0.3, -0.25) is 0 Å². The van der Waals surface area contributed by atoms with Crippen molar-refractivity contribution in [3.8, 4) is 0 Å². The molecule has 0 amide bonds. The van der Waals surface area contributed by atoms with Crippen LogP contribution in [0.15, 0.2) is 9.15 Å². The molecule has 0 aromatic carbocycles. The maximum absolute atomic E-state index is 5.83. The van der Waals surface area contributed by atoms with E-state index in [1.54, 1.807) is 0 Å². The molecule has 0 N–H and O–H groups in total. The van der Waals surface area contributed by atoms with E-state index in [-0.39, 0.29) is 5.92 Å². The summed E-state index contributed by atoms with van der Waals surface area (Å²) in [4.78, 5) is 0. The SMILES string of the molecule is CC1COC(C2OCC(C3=C(I)CC(C)OC3)CO2)OC1. The van der Waals surface area contributed by atoms with E-state index in [0.29, 0.717) is 45.1 Å². The molecule has 21 heavy (non-hydrogen) atoms. The number of rotatable bonds is 2. The number of hydrogen-bond acceptors (Lipinski definition) is 5. The highest BCUT2D eigenvalue weighted by Gasteiger charge is 2.35. The van der Waals surface area contributed by atoms with Crippen molar-refractivity contribution in [1.29, 1.82) is 0 Å². The van der Waals surface area contributed by atoms with Crippen LogP contribution < -0.4 is 0 Å². The maximum Gasteiger partial charge on any atom is 0.209 e. The van der Waals surface area contributed by atoms with Crippen molar-refractivity contribution in [2.24, 2.45) is 11.8 Å². The van der Waals surface area contributed by atoms with Crippen LogP contribution in [0.2, 0.25) is 0 Å². The van der Waals surface area contributed by atoms with E-state index in [4.69, 9.17) is 23.7 Å². The monoisotopic (exact) mass is 410 g/mol. The molecule has 1 atom stereocenters. The minimum atomic E-state index is -0.407. The van der Waals surface area contributed by atoms with E-state index in [0.717, 1.165) is 6.42 Å². The number of ether oxygens (including phenoxy) is 5. The Morgan fingerprint density at radius 2 is 1.43 bits per heavy atom. The van der Waals surface area contributed by atoms with Gasteiger partial charge in [-0.05, 0) is 38.7 Å². The summed E-state index contributed by atoms with van der Waals surface area (Å²) in [5.41, 5.74) is 1.33. The fourth-order valence-corrected chi connectivity index (χ4v) is 3.96. The van der Waals surface area contributed by atoms with Gasteiger partial charge in [0.1, 0.15) is 0 Å². The van der Waals surface area contributed by atoms with Crippen molar-refractivity contribution < 1.29 is 23.7 Å². The summed E-state index contributed by atoms with van der Waals surface area (Å²) in [5, 5.41) is 0. The number of halogens is 1. The molecule has 1 unspecified atom stereocenters. The Kier molecular flexibility index (Phi) is 5.55. The van der Waals surface area contributed by atoms with Gasteiger partial charge in [0.2, 0.25) is 12.6 Å². The van der Waals surface area contributed by atoms with Crippen molar-refractivity contribution in [2.75, 3.05) is 33.0 Å². The molecule has 120 valence electrons. The molecule has 3 aliphatic heterocycles. The maximum atomic E-state index is 5.83. The van der Waals surface area contributed by atoms with Gasteiger partial charge in [-0.2, -0.15) is 0 Å². The lowest BCUT2D eigenvalue weighted by Gasteiger charge is -2.38. The molecular weight excluding hydrogens is 387 g/mol. The predicted molar refractivity (Wildman–Crippen MR) is 85.1 cm³/mol. The standard InChI is InChI=1S/C15H23IO5/c1-9-4-18-14(19-5-9)15-20-6-11(7-21-15)12-8-17-10(2)3-13(12)16/h9-11,14-15H,3-8H2,1-2H3. The molecule has 0 bridgehead atoms. The average Bonchev–Trinajstić information content (AvgIpc) is 2.48. The van der Waals surface area contributed by atoms with E-state index in [1.165, 1.54) is 9.15 Å². The zero-order chi connectivity index (χ0) is 14.8. The fraction of sp³-hybridized carbons (Fsp3) is 0.867. The highest BCUT2D eigenvalue weighted by molar-refractivity contribution is 14.1. The summed E-state index contributed by atoms with van der Waals surface area (Å²) in [6.45, 7) is 7.59. The third-order valence-corrected chi connectivity index (χ3v) is 5.20. The minimum absolute atomic E-state index is 0.281. The fourth-order valence-electron chi connectivity index (χ4n) is 2.74. The molecule has 3 aliphatic rings. The van der Waals surface area contributed by atoms with Crippen LogP contribution in [0, 0.1) is 11.8 Å². The van der Waals surface area contributed by atoms with E-state index < -0.39 is 12.6 Å². The molecule has 0 saturated carbocycles. The van der Waals surface area contributed by atoms with Crippen molar-refractivity contribution in [3.63, 3.8) is 0 Å². The first kappa shape index (κ1) is 16.1. The van der Waals surface area contributed by atoms with Crippen LogP contribution >= 0.6 is 22.6 Å². The zero-order valence-electron chi connectivity index (χ0n) is 12.5. The lowest BCUT2D eigenvalue weighted by molar-refractivity contribution is -0.328. The van der Waals surface area contributed by atoms with Gasteiger partial charge in [0.25, 0.3) is 0 Å². The van der Waals surface area contributed by atoms with Gasteiger partial charge in [-0.25, -0.2) is 0 Å². The van der Waals surface area contributed by atoms with Gasteiger partial charge in [0.15, 0.2) is 0 Å². The van der Waals surface area contributed by atoms with E-state index in [1.807, 2.05) is 0 Å². The Morgan fingerprint density at radius 3 is 2.00 bits per heavy atom. The molecule has 2 saturated heterocycles. The highest BCUT2D eigenvalue weighted by atomic mass is 127. The van der Waals surface area contributed by atoms with Crippen LogP contribution in [0.1, 0.15) is 20.3 Å². The Bertz CT molecular complexity index is 384. The van der Waals surface area contributed by atoms with Crippen LogP contribution in [0.5, 0.6) is 0 Å². The van der Waals surface area contributed by atoms with Crippen LogP contribution in [0.4, 0.5) is 0 Å². The van der Waals surface area contributed by atoms with E-state index in [2.05, 4.69) is 36.4 Å². The molecule has 5 nitrogen and oxygen atoms in total. The number of hydrogen-bond donors (Lipinski definition) is 0. The Labute approximate surface area is 139 Å². The summed E-state index contributed by atoms with van der Waals surface area (Å²) in [7, 11) is 0. The highest BCUT2D eigenvalue weighted by Crippen LogP contribution is 2.33. The molecule has 0 radical (unpaired) electrons. The summed E-state index contributed by atoms with van der Waals surface area (Å²) in [6, 6.07) is 0. The molecule has 6 heteroatoms. The average molecular weight is 410 g/mol. The van der Waals surface area contributed by atoms with Gasteiger partial charge in [0, 0.05) is 18.3 Å². The molecule has 3 rings (SSSR count). The minimum Gasteiger partial charge on any atom is -0.374 e. The first-order valence-electron chi connectivity index (χ1n) is 7.59. The molecule has 0 aliphatic carbocycles. The van der Waals surface area contributed by atoms with Crippen LogP contribution in [0.25, 0.3) is 0 Å². The third-order valence-electron chi connectivity index (χ3n) is 4.07. The Balaban J connectivity index is 1.52. The van der Waals surface area contributed by atoms with Crippen LogP contribution in [-0.2, 0) is 23.7 Å². The predicted octanol–water partition coefficient (Wildman–Crippen LogP) is 2.48.